The normalized spacial score (nSPS) is 33.6. The molecule has 17 heavy (non-hydrogen) atoms. The van der Waals surface area contributed by atoms with Crippen molar-refractivity contribution in [1.82, 2.24) is 5.06 Å². The van der Waals surface area contributed by atoms with E-state index in [2.05, 4.69) is 36.3 Å². The highest BCUT2D eigenvalue weighted by Gasteiger charge is 2.41. The molecule has 2 saturated heterocycles. The van der Waals surface area contributed by atoms with Crippen LogP contribution < -0.4 is 0 Å². The number of hydrogen-bond donors (Lipinski definition) is 0. The molecule has 0 unspecified atom stereocenters. The minimum atomic E-state index is 0.430. The third-order valence-electron chi connectivity index (χ3n) is 3.88. The van der Waals surface area contributed by atoms with Crippen molar-refractivity contribution in [1.29, 1.82) is 0 Å². The summed E-state index contributed by atoms with van der Waals surface area (Å²) in [4.78, 5) is 5.83. The van der Waals surface area contributed by atoms with Crippen LogP contribution in [0.1, 0.15) is 12.5 Å². The van der Waals surface area contributed by atoms with E-state index >= 15 is 0 Å². The highest BCUT2D eigenvalue weighted by atomic mass is 16.7. The monoisotopic (exact) mass is 233 g/mol. The number of rotatable bonds is 2. The first-order valence-corrected chi connectivity index (χ1v) is 6.36. The molecule has 2 heterocycles. The average molecular weight is 233 g/mol. The van der Waals surface area contributed by atoms with E-state index in [0.29, 0.717) is 17.9 Å². The molecular formula is C14H19NO2. The third-order valence-corrected chi connectivity index (χ3v) is 3.88. The van der Waals surface area contributed by atoms with Crippen LogP contribution in [0.3, 0.4) is 0 Å². The van der Waals surface area contributed by atoms with Crippen LogP contribution in [0.4, 0.5) is 0 Å². The largest absolute Gasteiger partial charge is 0.379 e. The highest BCUT2D eigenvalue weighted by Crippen LogP contribution is 2.32. The minimum Gasteiger partial charge on any atom is -0.379 e. The van der Waals surface area contributed by atoms with Crippen molar-refractivity contribution in [2.75, 3.05) is 19.8 Å². The van der Waals surface area contributed by atoms with E-state index in [-0.39, 0.29) is 0 Å². The molecule has 2 aliphatic rings. The molecule has 0 N–H and O–H groups in total. The lowest BCUT2D eigenvalue weighted by Gasteiger charge is -2.33. The van der Waals surface area contributed by atoms with Gasteiger partial charge in [-0.2, -0.15) is 5.06 Å². The molecule has 0 aromatic heterocycles. The summed E-state index contributed by atoms with van der Waals surface area (Å²) in [5.41, 5.74) is 1.30. The fraction of sp³-hybridized carbons (Fsp3) is 0.571. The average Bonchev–Trinajstić information content (AvgIpc) is 2.76. The molecule has 1 aromatic rings. The molecule has 2 fully saturated rings. The standard InChI is InChI=1S/C14H19NO2/c1-11-8-16-10-14-13(11)9-17-15(14)7-12-5-3-2-4-6-12/h2-6,11,13-14H,7-10H2,1H3/t11-,13-,14+/m0/s1. The summed E-state index contributed by atoms with van der Waals surface area (Å²) in [6.45, 7) is 5.65. The zero-order valence-corrected chi connectivity index (χ0v) is 10.2. The summed E-state index contributed by atoms with van der Waals surface area (Å²) < 4.78 is 5.64. The van der Waals surface area contributed by atoms with Gasteiger partial charge in [-0.3, -0.25) is 4.84 Å². The number of benzene rings is 1. The summed E-state index contributed by atoms with van der Waals surface area (Å²) >= 11 is 0. The minimum absolute atomic E-state index is 0.430. The smallest absolute Gasteiger partial charge is 0.0733 e. The Morgan fingerprint density at radius 2 is 2.00 bits per heavy atom. The fourth-order valence-corrected chi connectivity index (χ4v) is 2.78. The van der Waals surface area contributed by atoms with Gasteiger partial charge >= 0.3 is 0 Å². The van der Waals surface area contributed by atoms with Gasteiger partial charge in [0.05, 0.1) is 19.3 Å². The van der Waals surface area contributed by atoms with Crippen LogP contribution in [0, 0.1) is 11.8 Å². The molecule has 3 atom stereocenters. The lowest BCUT2D eigenvalue weighted by molar-refractivity contribution is -0.153. The molecule has 3 rings (SSSR count). The molecule has 0 bridgehead atoms. The van der Waals surface area contributed by atoms with Gasteiger partial charge in [-0.25, -0.2) is 0 Å². The van der Waals surface area contributed by atoms with E-state index in [9.17, 15) is 0 Å². The SMILES string of the molecule is C[C@H]1COC[C@@H]2[C@H]1CON2Cc1ccccc1. The number of fused-ring (bicyclic) bond motifs is 1. The van der Waals surface area contributed by atoms with Crippen LogP contribution in [0.5, 0.6) is 0 Å². The van der Waals surface area contributed by atoms with Gasteiger partial charge in [-0.1, -0.05) is 37.3 Å². The first-order chi connectivity index (χ1) is 8.34. The van der Waals surface area contributed by atoms with Gasteiger partial charge in [0.1, 0.15) is 0 Å². The first-order valence-electron chi connectivity index (χ1n) is 6.36. The summed E-state index contributed by atoms with van der Waals surface area (Å²) in [5, 5.41) is 2.11. The first kappa shape index (κ1) is 11.2. The number of ether oxygens (including phenoxy) is 1. The lowest BCUT2D eigenvalue weighted by atomic mass is 9.87. The van der Waals surface area contributed by atoms with E-state index < -0.39 is 0 Å². The van der Waals surface area contributed by atoms with Gasteiger partial charge in [-0.05, 0) is 11.5 Å². The molecule has 3 heteroatoms. The Morgan fingerprint density at radius 3 is 2.82 bits per heavy atom. The van der Waals surface area contributed by atoms with Gasteiger partial charge < -0.3 is 4.74 Å². The van der Waals surface area contributed by atoms with Gasteiger partial charge in [0.2, 0.25) is 0 Å². The second-order valence-corrected chi connectivity index (χ2v) is 5.10. The maximum Gasteiger partial charge on any atom is 0.0733 e. The summed E-state index contributed by atoms with van der Waals surface area (Å²) in [6, 6.07) is 10.9. The lowest BCUT2D eigenvalue weighted by Crippen LogP contribution is -2.43. The molecule has 0 saturated carbocycles. The van der Waals surface area contributed by atoms with E-state index in [1.807, 2.05) is 6.07 Å². The number of nitrogens with zero attached hydrogens (tertiary/aromatic N) is 1. The molecule has 92 valence electrons. The van der Waals surface area contributed by atoms with Crippen molar-refractivity contribution in [3.05, 3.63) is 35.9 Å². The van der Waals surface area contributed by atoms with Gasteiger partial charge in [0, 0.05) is 19.1 Å². The molecule has 0 amide bonds. The molecule has 3 nitrogen and oxygen atoms in total. The van der Waals surface area contributed by atoms with Crippen molar-refractivity contribution in [2.24, 2.45) is 11.8 Å². The van der Waals surface area contributed by atoms with Crippen molar-refractivity contribution < 1.29 is 9.57 Å². The van der Waals surface area contributed by atoms with Crippen molar-refractivity contribution in [3.63, 3.8) is 0 Å². The van der Waals surface area contributed by atoms with Crippen LogP contribution in [-0.4, -0.2) is 30.9 Å². The Balaban J connectivity index is 1.69. The second-order valence-electron chi connectivity index (χ2n) is 5.10. The molecule has 2 aliphatic heterocycles. The predicted molar refractivity (Wildman–Crippen MR) is 65.2 cm³/mol. The summed E-state index contributed by atoms with van der Waals surface area (Å²) in [5.74, 6) is 1.24. The van der Waals surface area contributed by atoms with Crippen molar-refractivity contribution >= 4 is 0 Å². The molecule has 1 aromatic carbocycles. The maximum atomic E-state index is 5.83. The van der Waals surface area contributed by atoms with Crippen LogP contribution in [0.15, 0.2) is 30.3 Å². The third kappa shape index (κ3) is 2.23. The van der Waals surface area contributed by atoms with Gasteiger partial charge in [0.25, 0.3) is 0 Å². The van der Waals surface area contributed by atoms with E-state index in [0.717, 1.165) is 26.4 Å². The summed E-state index contributed by atoms with van der Waals surface area (Å²) in [6.07, 6.45) is 0. The predicted octanol–water partition coefficient (Wildman–Crippen LogP) is 2.08. The highest BCUT2D eigenvalue weighted by molar-refractivity contribution is 5.14. The van der Waals surface area contributed by atoms with Gasteiger partial charge in [0.15, 0.2) is 0 Å². The zero-order chi connectivity index (χ0) is 11.7. The van der Waals surface area contributed by atoms with Crippen LogP contribution in [0.2, 0.25) is 0 Å². The number of hydroxylamine groups is 2. The Kier molecular flexibility index (Phi) is 3.14. The zero-order valence-electron chi connectivity index (χ0n) is 10.2. The van der Waals surface area contributed by atoms with E-state index in [1.165, 1.54) is 5.56 Å². The van der Waals surface area contributed by atoms with E-state index in [4.69, 9.17) is 9.57 Å². The number of hydrogen-bond acceptors (Lipinski definition) is 3. The molecule has 0 radical (unpaired) electrons. The Morgan fingerprint density at radius 1 is 1.18 bits per heavy atom. The Hall–Kier alpha value is -0.900. The fourth-order valence-electron chi connectivity index (χ4n) is 2.78. The van der Waals surface area contributed by atoms with Crippen LogP contribution in [-0.2, 0) is 16.1 Å². The van der Waals surface area contributed by atoms with Crippen LogP contribution in [0.25, 0.3) is 0 Å². The Bertz CT molecular complexity index is 368. The maximum absolute atomic E-state index is 5.83. The van der Waals surface area contributed by atoms with Gasteiger partial charge in [-0.15, -0.1) is 0 Å². The van der Waals surface area contributed by atoms with Crippen LogP contribution >= 0.6 is 0 Å². The van der Waals surface area contributed by atoms with Crippen molar-refractivity contribution in [2.45, 2.75) is 19.5 Å². The van der Waals surface area contributed by atoms with E-state index in [1.54, 1.807) is 0 Å². The van der Waals surface area contributed by atoms with Crippen molar-refractivity contribution in [3.8, 4) is 0 Å². The molecular weight excluding hydrogens is 214 g/mol. The quantitative estimate of drug-likeness (QED) is 0.780. The Labute approximate surface area is 102 Å². The molecule has 0 spiro atoms. The topological polar surface area (TPSA) is 21.7 Å². The second kappa shape index (κ2) is 4.77. The molecule has 0 aliphatic carbocycles. The summed E-state index contributed by atoms with van der Waals surface area (Å²) in [7, 11) is 0.